The first-order valence-corrected chi connectivity index (χ1v) is 9.60. The predicted molar refractivity (Wildman–Crippen MR) is 101 cm³/mol. The molecule has 1 aromatic rings. The maximum absolute atomic E-state index is 13.8. The third-order valence-corrected chi connectivity index (χ3v) is 5.73. The van der Waals surface area contributed by atoms with E-state index in [-0.39, 0.29) is 25.0 Å². The highest BCUT2D eigenvalue weighted by molar-refractivity contribution is 5.81. The molecule has 1 saturated heterocycles. The van der Waals surface area contributed by atoms with Crippen LogP contribution in [0.25, 0.3) is 0 Å². The standard InChI is InChI=1S/C21H26F2N2O3/c22-20(23)10-6-18(14-20)21(27,17-4-2-1-3-5-17)19(26)28-13-9-16-7-11-25(15-24)12-8-16/h1-5,9,15,18,24,27H,6-8,10-14H2/t18-,21+/m1/s1. The summed E-state index contributed by atoms with van der Waals surface area (Å²) in [5.74, 6) is -4.64. The highest BCUT2D eigenvalue weighted by Gasteiger charge is 2.54. The minimum atomic E-state index is -2.88. The number of carbonyl (C=O) groups excluding carboxylic acids is 1. The van der Waals surface area contributed by atoms with Crippen molar-refractivity contribution in [3.63, 3.8) is 0 Å². The lowest BCUT2D eigenvalue weighted by Gasteiger charge is -2.32. The van der Waals surface area contributed by atoms with E-state index in [4.69, 9.17) is 10.1 Å². The van der Waals surface area contributed by atoms with Crippen LogP contribution in [-0.4, -0.2) is 47.9 Å². The van der Waals surface area contributed by atoms with Gasteiger partial charge in [-0.2, -0.15) is 0 Å². The molecule has 0 amide bonds. The molecule has 1 aliphatic carbocycles. The van der Waals surface area contributed by atoms with Crippen LogP contribution in [-0.2, 0) is 15.1 Å². The van der Waals surface area contributed by atoms with Crippen LogP contribution in [0.3, 0.4) is 0 Å². The summed E-state index contributed by atoms with van der Waals surface area (Å²) in [7, 11) is 0. The molecule has 0 radical (unpaired) electrons. The van der Waals surface area contributed by atoms with Crippen molar-refractivity contribution in [3.05, 3.63) is 47.5 Å². The summed E-state index contributed by atoms with van der Waals surface area (Å²) in [5, 5.41) is 18.5. The summed E-state index contributed by atoms with van der Waals surface area (Å²) in [6.07, 6.45) is 3.88. The highest BCUT2D eigenvalue weighted by Crippen LogP contribution is 2.47. The second-order valence-corrected chi connectivity index (χ2v) is 7.55. The Balaban J connectivity index is 1.70. The van der Waals surface area contributed by atoms with E-state index in [2.05, 4.69) is 0 Å². The first-order chi connectivity index (χ1) is 13.3. The van der Waals surface area contributed by atoms with E-state index in [1.54, 1.807) is 30.3 Å². The molecule has 2 aliphatic rings. The van der Waals surface area contributed by atoms with Gasteiger partial charge in [0.05, 0.1) is 6.34 Å². The van der Waals surface area contributed by atoms with Gasteiger partial charge in [0.15, 0.2) is 5.60 Å². The van der Waals surface area contributed by atoms with Crippen LogP contribution in [0, 0.1) is 11.3 Å². The number of hydrogen-bond donors (Lipinski definition) is 2. The summed E-state index contributed by atoms with van der Waals surface area (Å²) >= 11 is 0. The van der Waals surface area contributed by atoms with Gasteiger partial charge in [0.25, 0.3) is 0 Å². The number of esters is 1. The van der Waals surface area contributed by atoms with E-state index in [1.807, 2.05) is 11.0 Å². The molecule has 1 saturated carbocycles. The lowest BCUT2D eigenvalue weighted by Crippen LogP contribution is -2.44. The number of nitrogens with zero attached hydrogens (tertiary/aromatic N) is 1. The van der Waals surface area contributed by atoms with Gasteiger partial charge in [-0.15, -0.1) is 0 Å². The maximum atomic E-state index is 13.8. The maximum Gasteiger partial charge on any atom is 0.343 e. The molecular weight excluding hydrogens is 366 g/mol. The van der Waals surface area contributed by atoms with Crippen molar-refractivity contribution in [3.8, 4) is 0 Å². The molecule has 2 fully saturated rings. The molecule has 0 spiro atoms. The quantitative estimate of drug-likeness (QED) is 0.336. The van der Waals surface area contributed by atoms with E-state index in [0.717, 1.165) is 31.5 Å². The van der Waals surface area contributed by atoms with E-state index in [9.17, 15) is 18.7 Å². The van der Waals surface area contributed by atoms with Crippen molar-refractivity contribution in [2.24, 2.45) is 5.92 Å². The lowest BCUT2D eigenvalue weighted by molar-refractivity contribution is -0.173. The van der Waals surface area contributed by atoms with Crippen LogP contribution in [0.15, 0.2) is 42.0 Å². The normalized spacial score (nSPS) is 23.8. The molecule has 1 aliphatic heterocycles. The van der Waals surface area contributed by atoms with Gasteiger partial charge in [0, 0.05) is 31.8 Å². The summed E-state index contributed by atoms with van der Waals surface area (Å²) in [4.78, 5) is 14.7. The van der Waals surface area contributed by atoms with Gasteiger partial charge < -0.3 is 14.7 Å². The Morgan fingerprint density at radius 1 is 1.32 bits per heavy atom. The fourth-order valence-corrected chi connectivity index (χ4v) is 4.01. The van der Waals surface area contributed by atoms with Gasteiger partial charge in [0.2, 0.25) is 5.92 Å². The number of carbonyl (C=O) groups is 1. The number of benzene rings is 1. The Morgan fingerprint density at radius 2 is 2.00 bits per heavy atom. The number of aliphatic hydroxyl groups is 1. The van der Waals surface area contributed by atoms with Crippen molar-refractivity contribution in [2.75, 3.05) is 19.7 Å². The van der Waals surface area contributed by atoms with E-state index in [1.165, 1.54) is 6.34 Å². The lowest BCUT2D eigenvalue weighted by atomic mass is 9.80. The molecule has 0 aromatic heterocycles. The Kier molecular flexibility index (Phi) is 6.13. The number of hydrogen-bond acceptors (Lipinski definition) is 4. The largest absolute Gasteiger partial charge is 0.459 e. The van der Waals surface area contributed by atoms with Gasteiger partial charge in [0.1, 0.15) is 6.61 Å². The number of likely N-dealkylation sites (tertiary alicyclic amines) is 1. The van der Waals surface area contributed by atoms with Crippen molar-refractivity contribution in [1.82, 2.24) is 4.90 Å². The molecular formula is C21H26F2N2O3. The smallest absolute Gasteiger partial charge is 0.343 e. The van der Waals surface area contributed by atoms with Crippen LogP contribution < -0.4 is 0 Å². The van der Waals surface area contributed by atoms with Crippen LogP contribution >= 0.6 is 0 Å². The zero-order chi connectivity index (χ0) is 20.2. The summed E-state index contributed by atoms with van der Waals surface area (Å²) in [5.41, 5.74) is -0.667. The van der Waals surface area contributed by atoms with Crippen LogP contribution in [0.5, 0.6) is 0 Å². The molecule has 0 unspecified atom stereocenters. The molecule has 1 aromatic carbocycles. The Morgan fingerprint density at radius 3 is 2.57 bits per heavy atom. The summed E-state index contributed by atoms with van der Waals surface area (Å²) in [6, 6.07) is 8.22. The Hall–Kier alpha value is -2.28. The Labute approximate surface area is 163 Å². The zero-order valence-electron chi connectivity index (χ0n) is 15.7. The molecule has 0 bridgehead atoms. The van der Waals surface area contributed by atoms with Gasteiger partial charge in [-0.1, -0.05) is 35.9 Å². The molecule has 7 heteroatoms. The third-order valence-electron chi connectivity index (χ3n) is 5.73. The predicted octanol–water partition coefficient (Wildman–Crippen LogP) is 3.48. The van der Waals surface area contributed by atoms with Crippen molar-refractivity contribution in [2.45, 2.75) is 43.6 Å². The number of ether oxygens (including phenoxy) is 1. The van der Waals surface area contributed by atoms with Crippen molar-refractivity contribution < 1.29 is 23.4 Å². The van der Waals surface area contributed by atoms with Gasteiger partial charge in [-0.25, -0.2) is 13.6 Å². The topological polar surface area (TPSA) is 73.6 Å². The van der Waals surface area contributed by atoms with E-state index in [0.29, 0.717) is 0 Å². The summed E-state index contributed by atoms with van der Waals surface area (Å²) in [6.45, 7) is 1.49. The monoisotopic (exact) mass is 392 g/mol. The van der Waals surface area contributed by atoms with E-state index >= 15 is 0 Å². The van der Waals surface area contributed by atoms with Gasteiger partial charge >= 0.3 is 5.97 Å². The molecule has 2 atom stereocenters. The third kappa shape index (κ3) is 4.41. The van der Waals surface area contributed by atoms with Gasteiger partial charge in [-0.3, -0.25) is 5.41 Å². The van der Waals surface area contributed by atoms with Crippen molar-refractivity contribution >= 4 is 12.3 Å². The first-order valence-electron chi connectivity index (χ1n) is 9.60. The van der Waals surface area contributed by atoms with Crippen molar-refractivity contribution in [1.29, 1.82) is 5.41 Å². The first kappa shape index (κ1) is 20.5. The zero-order valence-corrected chi connectivity index (χ0v) is 15.7. The molecule has 28 heavy (non-hydrogen) atoms. The number of halogens is 2. The fraction of sp³-hybridized carbons (Fsp3) is 0.524. The van der Waals surface area contributed by atoms with E-state index < -0.39 is 29.8 Å². The number of rotatable bonds is 6. The average Bonchev–Trinajstić information content (AvgIpc) is 3.08. The minimum Gasteiger partial charge on any atom is -0.459 e. The number of piperidine rings is 1. The molecule has 1 heterocycles. The minimum absolute atomic E-state index is 0.00296. The van der Waals surface area contributed by atoms with Crippen LogP contribution in [0.2, 0.25) is 0 Å². The average molecular weight is 392 g/mol. The number of nitrogens with one attached hydrogen (secondary N) is 1. The molecule has 152 valence electrons. The molecule has 2 N–H and O–H groups in total. The summed E-state index contributed by atoms with van der Waals surface area (Å²) < 4.78 is 32.9. The fourth-order valence-electron chi connectivity index (χ4n) is 4.01. The highest BCUT2D eigenvalue weighted by atomic mass is 19.3. The van der Waals surface area contributed by atoms with Crippen LogP contribution in [0.4, 0.5) is 8.78 Å². The number of alkyl halides is 2. The molecule has 5 nitrogen and oxygen atoms in total. The Bertz CT molecular complexity index is 728. The van der Waals surface area contributed by atoms with Gasteiger partial charge in [-0.05, 0) is 30.9 Å². The second-order valence-electron chi connectivity index (χ2n) is 7.55. The second kappa shape index (κ2) is 8.39. The van der Waals surface area contributed by atoms with Crippen LogP contribution in [0.1, 0.15) is 37.7 Å². The SMILES string of the molecule is N=CN1CCC(=CCOC(=O)[C@](O)(c2ccccc2)[C@@H]2CCC(F)(F)C2)CC1. The molecule has 3 rings (SSSR count).